The zero-order valence-corrected chi connectivity index (χ0v) is 12.4. The molecular formula is C16H26N2O. The number of ether oxygens (including phenoxy) is 1. The summed E-state index contributed by atoms with van der Waals surface area (Å²) in [6.45, 7) is 4.03. The molecule has 106 valence electrons. The molecule has 0 saturated carbocycles. The number of hydrogen-bond donors (Lipinski definition) is 1. The van der Waals surface area contributed by atoms with Crippen LogP contribution in [0.2, 0.25) is 0 Å². The average molecular weight is 262 g/mol. The van der Waals surface area contributed by atoms with Crippen molar-refractivity contribution in [3.05, 3.63) is 29.3 Å². The molecule has 1 heterocycles. The van der Waals surface area contributed by atoms with Crippen molar-refractivity contribution in [1.82, 2.24) is 4.90 Å². The molecule has 0 spiro atoms. The standard InChI is InChI=1S/C16H26N2O/c1-12-10-13(7-8-15(12)19-3)16-14(11-17)6-4-5-9-18(16)2/h7-8,10,14,16H,4-6,9,11,17H2,1-3H3. The fourth-order valence-electron chi connectivity index (χ4n) is 3.28. The average Bonchev–Trinajstić information content (AvgIpc) is 2.60. The molecule has 2 N–H and O–H groups in total. The Labute approximate surface area is 116 Å². The summed E-state index contributed by atoms with van der Waals surface area (Å²) in [5, 5.41) is 0. The summed E-state index contributed by atoms with van der Waals surface area (Å²) in [4.78, 5) is 2.46. The van der Waals surface area contributed by atoms with Crippen molar-refractivity contribution in [3.8, 4) is 5.75 Å². The van der Waals surface area contributed by atoms with Gasteiger partial charge in [-0.25, -0.2) is 0 Å². The highest BCUT2D eigenvalue weighted by Crippen LogP contribution is 2.35. The Kier molecular flexibility index (Phi) is 4.83. The van der Waals surface area contributed by atoms with Gasteiger partial charge in [0.05, 0.1) is 7.11 Å². The van der Waals surface area contributed by atoms with Gasteiger partial charge >= 0.3 is 0 Å². The fourth-order valence-corrected chi connectivity index (χ4v) is 3.28. The first-order valence-corrected chi connectivity index (χ1v) is 7.22. The number of nitrogens with two attached hydrogens (primary N) is 1. The first kappa shape index (κ1) is 14.4. The highest BCUT2D eigenvalue weighted by Gasteiger charge is 2.28. The van der Waals surface area contributed by atoms with E-state index in [0.717, 1.165) is 18.8 Å². The summed E-state index contributed by atoms with van der Waals surface area (Å²) < 4.78 is 5.35. The van der Waals surface area contributed by atoms with Crippen molar-refractivity contribution in [2.24, 2.45) is 11.7 Å². The van der Waals surface area contributed by atoms with Crippen LogP contribution in [0.25, 0.3) is 0 Å². The molecule has 1 aromatic rings. The molecule has 3 heteroatoms. The van der Waals surface area contributed by atoms with Gasteiger partial charge in [-0.2, -0.15) is 0 Å². The van der Waals surface area contributed by atoms with Gasteiger partial charge in [0.2, 0.25) is 0 Å². The van der Waals surface area contributed by atoms with Gasteiger partial charge in [-0.05, 0) is 63.0 Å². The zero-order chi connectivity index (χ0) is 13.8. The quantitative estimate of drug-likeness (QED) is 0.910. The molecule has 3 nitrogen and oxygen atoms in total. The zero-order valence-electron chi connectivity index (χ0n) is 12.4. The van der Waals surface area contributed by atoms with Gasteiger partial charge in [-0.15, -0.1) is 0 Å². The monoisotopic (exact) mass is 262 g/mol. The Morgan fingerprint density at radius 1 is 1.37 bits per heavy atom. The molecule has 0 aromatic heterocycles. The molecule has 1 fully saturated rings. The second-order valence-electron chi connectivity index (χ2n) is 5.65. The normalized spacial score (nSPS) is 25.1. The third-order valence-corrected chi connectivity index (χ3v) is 4.32. The number of rotatable bonds is 3. The first-order valence-electron chi connectivity index (χ1n) is 7.22. The number of benzene rings is 1. The first-order chi connectivity index (χ1) is 9.17. The molecule has 0 bridgehead atoms. The van der Waals surface area contributed by atoms with Crippen LogP contribution in [0.3, 0.4) is 0 Å². The second kappa shape index (κ2) is 6.40. The molecular weight excluding hydrogens is 236 g/mol. The second-order valence-corrected chi connectivity index (χ2v) is 5.65. The molecule has 1 aliphatic heterocycles. The van der Waals surface area contributed by atoms with Crippen molar-refractivity contribution in [2.45, 2.75) is 32.2 Å². The van der Waals surface area contributed by atoms with Gasteiger partial charge in [0.1, 0.15) is 5.75 Å². The lowest BCUT2D eigenvalue weighted by Crippen LogP contribution is -2.33. The van der Waals surface area contributed by atoms with Crippen molar-refractivity contribution >= 4 is 0 Å². The molecule has 19 heavy (non-hydrogen) atoms. The van der Waals surface area contributed by atoms with Crippen LogP contribution in [0.5, 0.6) is 5.75 Å². The summed E-state index contributed by atoms with van der Waals surface area (Å²) in [5.41, 5.74) is 8.58. The van der Waals surface area contributed by atoms with Gasteiger partial charge < -0.3 is 10.5 Å². The lowest BCUT2D eigenvalue weighted by Gasteiger charge is -2.32. The van der Waals surface area contributed by atoms with E-state index in [0.29, 0.717) is 12.0 Å². The topological polar surface area (TPSA) is 38.5 Å². The number of aryl methyl sites for hydroxylation is 1. The fraction of sp³-hybridized carbons (Fsp3) is 0.625. The van der Waals surface area contributed by atoms with Crippen LogP contribution in [0, 0.1) is 12.8 Å². The molecule has 2 unspecified atom stereocenters. The number of methoxy groups -OCH3 is 1. The largest absolute Gasteiger partial charge is 0.496 e. The van der Waals surface area contributed by atoms with Crippen LogP contribution < -0.4 is 10.5 Å². The van der Waals surface area contributed by atoms with E-state index in [1.165, 1.54) is 30.4 Å². The SMILES string of the molecule is COc1ccc(C2C(CN)CCCCN2C)cc1C. The van der Waals surface area contributed by atoms with Crippen LogP contribution in [0.1, 0.15) is 36.4 Å². The van der Waals surface area contributed by atoms with Crippen molar-refractivity contribution in [3.63, 3.8) is 0 Å². The molecule has 0 aliphatic carbocycles. The highest BCUT2D eigenvalue weighted by atomic mass is 16.5. The summed E-state index contributed by atoms with van der Waals surface area (Å²) in [6, 6.07) is 6.98. The highest BCUT2D eigenvalue weighted by molar-refractivity contribution is 5.37. The minimum absolute atomic E-state index is 0.442. The maximum atomic E-state index is 6.01. The van der Waals surface area contributed by atoms with Crippen LogP contribution >= 0.6 is 0 Å². The Morgan fingerprint density at radius 2 is 2.16 bits per heavy atom. The maximum Gasteiger partial charge on any atom is 0.121 e. The number of nitrogens with zero attached hydrogens (tertiary/aromatic N) is 1. The third kappa shape index (κ3) is 3.10. The Morgan fingerprint density at radius 3 is 2.79 bits per heavy atom. The van der Waals surface area contributed by atoms with E-state index in [-0.39, 0.29) is 0 Å². The molecule has 0 amide bonds. The molecule has 1 aliphatic rings. The van der Waals surface area contributed by atoms with E-state index >= 15 is 0 Å². The Bertz CT molecular complexity index is 419. The Balaban J connectivity index is 2.32. The number of likely N-dealkylation sites (tertiary alicyclic amines) is 1. The van der Waals surface area contributed by atoms with Crippen LogP contribution in [-0.4, -0.2) is 32.1 Å². The summed E-state index contributed by atoms with van der Waals surface area (Å²) >= 11 is 0. The molecule has 2 rings (SSSR count). The molecule has 2 atom stereocenters. The van der Waals surface area contributed by atoms with Gasteiger partial charge in [0, 0.05) is 6.04 Å². The van der Waals surface area contributed by atoms with E-state index in [2.05, 4.69) is 37.1 Å². The van der Waals surface area contributed by atoms with Crippen molar-refractivity contribution in [1.29, 1.82) is 0 Å². The van der Waals surface area contributed by atoms with Gasteiger partial charge in [-0.1, -0.05) is 18.6 Å². The Hall–Kier alpha value is -1.06. The predicted octanol–water partition coefficient (Wildman–Crippen LogP) is 2.74. The molecule has 0 radical (unpaired) electrons. The van der Waals surface area contributed by atoms with Gasteiger partial charge in [0.15, 0.2) is 0 Å². The lowest BCUT2D eigenvalue weighted by atomic mass is 9.88. The molecule has 1 aromatic carbocycles. The van der Waals surface area contributed by atoms with Gasteiger partial charge in [0.25, 0.3) is 0 Å². The van der Waals surface area contributed by atoms with E-state index in [4.69, 9.17) is 10.5 Å². The smallest absolute Gasteiger partial charge is 0.121 e. The van der Waals surface area contributed by atoms with Crippen LogP contribution in [0.15, 0.2) is 18.2 Å². The third-order valence-electron chi connectivity index (χ3n) is 4.32. The van der Waals surface area contributed by atoms with Crippen molar-refractivity contribution in [2.75, 3.05) is 27.2 Å². The van der Waals surface area contributed by atoms with E-state index in [9.17, 15) is 0 Å². The molecule has 1 saturated heterocycles. The minimum Gasteiger partial charge on any atom is -0.496 e. The lowest BCUT2D eigenvalue weighted by molar-refractivity contribution is 0.196. The van der Waals surface area contributed by atoms with E-state index in [1.807, 2.05) is 0 Å². The van der Waals surface area contributed by atoms with E-state index in [1.54, 1.807) is 7.11 Å². The maximum absolute atomic E-state index is 6.01. The minimum atomic E-state index is 0.442. The van der Waals surface area contributed by atoms with E-state index < -0.39 is 0 Å². The summed E-state index contributed by atoms with van der Waals surface area (Å²) in [5.74, 6) is 1.52. The summed E-state index contributed by atoms with van der Waals surface area (Å²) in [6.07, 6.45) is 3.80. The number of hydrogen-bond acceptors (Lipinski definition) is 3. The van der Waals surface area contributed by atoms with Gasteiger partial charge in [-0.3, -0.25) is 4.90 Å². The van der Waals surface area contributed by atoms with Crippen LogP contribution in [0.4, 0.5) is 0 Å². The van der Waals surface area contributed by atoms with Crippen molar-refractivity contribution < 1.29 is 4.74 Å². The van der Waals surface area contributed by atoms with Crippen LogP contribution in [-0.2, 0) is 0 Å². The summed E-state index contributed by atoms with van der Waals surface area (Å²) in [7, 11) is 3.95. The predicted molar refractivity (Wildman–Crippen MR) is 79.5 cm³/mol.